The summed E-state index contributed by atoms with van der Waals surface area (Å²) in [6.45, 7) is 0. The van der Waals surface area contributed by atoms with Gasteiger partial charge in [0.25, 0.3) is 0 Å². The molecule has 0 aromatic heterocycles. The number of carboxylic acid groups (broad SMARTS) is 1. The van der Waals surface area contributed by atoms with Crippen molar-refractivity contribution in [1.29, 1.82) is 0 Å². The number of amidine groups is 1. The summed E-state index contributed by atoms with van der Waals surface area (Å²) in [5, 5.41) is 17.7. The topological polar surface area (TPSA) is 100 Å². The van der Waals surface area contributed by atoms with Crippen molar-refractivity contribution in [2.24, 2.45) is 10.2 Å². The van der Waals surface area contributed by atoms with E-state index in [1.807, 2.05) is 0 Å². The Morgan fingerprint density at radius 2 is 2.21 bits per heavy atom. The zero-order valence-electron chi connectivity index (χ0n) is 11.8. The van der Waals surface area contributed by atoms with E-state index in [2.05, 4.69) is 20.3 Å². The number of nitrogens with one attached hydrogen (secondary N) is 1. The van der Waals surface area contributed by atoms with Gasteiger partial charge in [0.1, 0.15) is 11.0 Å². The molecule has 0 spiro atoms. The number of alkyl halides is 3. The number of hydrogen-bond acceptors (Lipinski definition) is 6. The van der Waals surface area contributed by atoms with E-state index in [-0.39, 0.29) is 11.6 Å². The van der Waals surface area contributed by atoms with Crippen LogP contribution in [0, 0.1) is 0 Å². The van der Waals surface area contributed by atoms with Gasteiger partial charge >= 0.3 is 12.3 Å². The maximum atomic E-state index is 12.1. The van der Waals surface area contributed by atoms with E-state index in [1.54, 1.807) is 0 Å². The number of benzene rings is 1. The summed E-state index contributed by atoms with van der Waals surface area (Å²) in [7, 11) is 0. The molecule has 128 valence electrons. The fourth-order valence-electron chi connectivity index (χ4n) is 1.69. The quantitative estimate of drug-likeness (QED) is 0.617. The Morgan fingerprint density at radius 1 is 1.46 bits per heavy atom. The number of rotatable bonds is 5. The number of aliphatic carboxylic acids is 1. The second kappa shape index (κ2) is 7.34. The molecule has 1 aromatic rings. The number of carboxylic acids is 1. The van der Waals surface area contributed by atoms with Crippen LogP contribution in [-0.2, 0) is 9.59 Å². The van der Waals surface area contributed by atoms with Crippen molar-refractivity contribution in [3.63, 3.8) is 0 Å². The molecule has 2 N–H and O–H groups in total. The largest absolute Gasteiger partial charge is 0.573 e. The summed E-state index contributed by atoms with van der Waals surface area (Å²) >= 11 is 0.915. The zero-order chi connectivity index (χ0) is 17.7. The molecule has 1 saturated heterocycles. The Kier molecular flexibility index (Phi) is 5.44. The molecule has 1 aliphatic heterocycles. The average molecular weight is 361 g/mol. The molecule has 1 fully saturated rings. The summed E-state index contributed by atoms with van der Waals surface area (Å²) in [5.74, 6) is -2.00. The van der Waals surface area contributed by atoms with Gasteiger partial charge < -0.3 is 15.2 Å². The van der Waals surface area contributed by atoms with E-state index in [1.165, 1.54) is 18.3 Å². The van der Waals surface area contributed by atoms with Crippen LogP contribution in [0.25, 0.3) is 0 Å². The van der Waals surface area contributed by atoms with Crippen LogP contribution in [0.4, 0.5) is 13.2 Å². The second-order valence-electron chi connectivity index (χ2n) is 4.46. The van der Waals surface area contributed by atoms with Crippen molar-refractivity contribution in [1.82, 2.24) is 5.32 Å². The van der Waals surface area contributed by atoms with Gasteiger partial charge in [0, 0.05) is 0 Å². The van der Waals surface area contributed by atoms with Gasteiger partial charge in [-0.15, -0.1) is 18.3 Å². The predicted octanol–water partition coefficient (Wildman–Crippen LogP) is 1.98. The summed E-state index contributed by atoms with van der Waals surface area (Å²) in [5.41, 5.74) is 0.303. The van der Waals surface area contributed by atoms with Crippen LogP contribution in [0.1, 0.15) is 12.0 Å². The van der Waals surface area contributed by atoms with E-state index in [4.69, 9.17) is 5.11 Å². The van der Waals surface area contributed by atoms with Crippen LogP contribution in [-0.4, -0.2) is 40.0 Å². The Balaban J connectivity index is 2.00. The van der Waals surface area contributed by atoms with E-state index in [0.29, 0.717) is 5.56 Å². The number of thioether (sulfide) groups is 1. The van der Waals surface area contributed by atoms with Gasteiger partial charge in [-0.05, 0) is 17.7 Å². The van der Waals surface area contributed by atoms with E-state index < -0.39 is 29.2 Å². The van der Waals surface area contributed by atoms with Crippen LogP contribution in [0.3, 0.4) is 0 Å². The molecule has 1 aromatic carbocycles. The van der Waals surface area contributed by atoms with Gasteiger partial charge in [-0.25, -0.2) is 0 Å². The van der Waals surface area contributed by atoms with Gasteiger partial charge in [-0.2, -0.15) is 5.10 Å². The van der Waals surface area contributed by atoms with Crippen LogP contribution < -0.4 is 10.1 Å². The summed E-state index contributed by atoms with van der Waals surface area (Å²) < 4.78 is 40.2. The van der Waals surface area contributed by atoms with Crippen LogP contribution in [0.5, 0.6) is 5.75 Å². The standard InChI is InChI=1S/C13H10F3N3O4S/c14-13(15,16)23-8-3-1-2-7(4-8)6-17-19-12-18-11(22)9(24-12)5-10(20)21/h1-4,6,9H,5H2,(H,20,21)(H,18,19,22). The lowest BCUT2D eigenvalue weighted by Gasteiger charge is -2.08. The highest BCUT2D eigenvalue weighted by molar-refractivity contribution is 8.15. The fourth-order valence-corrected chi connectivity index (χ4v) is 2.60. The van der Waals surface area contributed by atoms with Crippen molar-refractivity contribution >= 4 is 35.0 Å². The first kappa shape index (κ1) is 17.8. The number of carbonyl (C=O) groups is 2. The molecule has 24 heavy (non-hydrogen) atoms. The van der Waals surface area contributed by atoms with Gasteiger partial charge in [0.2, 0.25) is 5.91 Å². The minimum Gasteiger partial charge on any atom is -0.481 e. The number of halogens is 3. The monoisotopic (exact) mass is 361 g/mol. The highest BCUT2D eigenvalue weighted by atomic mass is 32.2. The molecule has 0 saturated carbocycles. The zero-order valence-corrected chi connectivity index (χ0v) is 12.6. The first-order valence-corrected chi connectivity index (χ1v) is 7.27. The maximum absolute atomic E-state index is 12.1. The normalized spacial score (nSPS) is 19.7. The molecule has 0 aliphatic carbocycles. The molecule has 7 nitrogen and oxygen atoms in total. The molecular formula is C13H10F3N3O4S. The minimum absolute atomic E-state index is 0.116. The number of ether oxygens (including phenoxy) is 1. The lowest BCUT2D eigenvalue weighted by molar-refractivity contribution is -0.274. The van der Waals surface area contributed by atoms with Gasteiger partial charge in [0.05, 0.1) is 12.6 Å². The van der Waals surface area contributed by atoms with Crippen molar-refractivity contribution in [2.45, 2.75) is 18.0 Å². The fraction of sp³-hybridized carbons (Fsp3) is 0.231. The molecular weight excluding hydrogens is 351 g/mol. The smallest absolute Gasteiger partial charge is 0.481 e. The highest BCUT2D eigenvalue weighted by Gasteiger charge is 2.32. The first-order chi connectivity index (χ1) is 11.2. The van der Waals surface area contributed by atoms with Crippen LogP contribution in [0.15, 0.2) is 34.5 Å². The number of carbonyl (C=O) groups excluding carboxylic acids is 1. The van der Waals surface area contributed by atoms with Gasteiger partial charge in [-0.3, -0.25) is 9.59 Å². The average Bonchev–Trinajstić information content (AvgIpc) is 2.77. The van der Waals surface area contributed by atoms with Gasteiger partial charge in [-0.1, -0.05) is 23.9 Å². The summed E-state index contributed by atoms with van der Waals surface area (Å²) in [6, 6.07) is 5.09. The third kappa shape index (κ3) is 5.57. The number of amides is 1. The molecule has 0 bridgehead atoms. The molecule has 1 atom stereocenters. The third-order valence-electron chi connectivity index (χ3n) is 2.58. The SMILES string of the molecule is O=C(O)CC1SC(=NN=Cc2cccc(OC(F)(F)F)c2)NC1=O. The van der Waals surface area contributed by atoms with Crippen LogP contribution >= 0.6 is 11.8 Å². The molecule has 1 amide bonds. The van der Waals surface area contributed by atoms with Crippen molar-refractivity contribution in [3.8, 4) is 5.75 Å². The minimum atomic E-state index is -4.79. The third-order valence-corrected chi connectivity index (χ3v) is 3.66. The Bertz CT molecular complexity index is 706. The van der Waals surface area contributed by atoms with E-state index in [9.17, 15) is 22.8 Å². The molecule has 1 heterocycles. The number of nitrogens with zero attached hydrogens (tertiary/aromatic N) is 2. The highest BCUT2D eigenvalue weighted by Crippen LogP contribution is 2.23. The van der Waals surface area contributed by atoms with Crippen LogP contribution in [0.2, 0.25) is 0 Å². The maximum Gasteiger partial charge on any atom is 0.573 e. The Hall–Kier alpha value is -2.56. The summed E-state index contributed by atoms with van der Waals surface area (Å²) in [4.78, 5) is 22.1. The number of hydrogen-bond donors (Lipinski definition) is 2. The molecule has 1 unspecified atom stereocenters. The van der Waals surface area contributed by atoms with E-state index >= 15 is 0 Å². The van der Waals surface area contributed by atoms with Crippen molar-refractivity contribution in [2.75, 3.05) is 0 Å². The van der Waals surface area contributed by atoms with Crippen molar-refractivity contribution < 1.29 is 32.6 Å². The van der Waals surface area contributed by atoms with E-state index in [0.717, 1.165) is 23.9 Å². The predicted molar refractivity (Wildman–Crippen MR) is 79.9 cm³/mol. The van der Waals surface area contributed by atoms with Gasteiger partial charge in [0.15, 0.2) is 5.17 Å². The molecule has 2 rings (SSSR count). The Labute approximate surface area is 137 Å². The van der Waals surface area contributed by atoms with Crippen molar-refractivity contribution in [3.05, 3.63) is 29.8 Å². The lowest BCUT2D eigenvalue weighted by atomic mass is 10.2. The molecule has 11 heteroatoms. The molecule has 0 radical (unpaired) electrons. The molecule has 1 aliphatic rings. The lowest BCUT2D eigenvalue weighted by Crippen LogP contribution is -2.26. The summed E-state index contributed by atoms with van der Waals surface area (Å²) in [6.07, 6.45) is -3.97. The second-order valence-corrected chi connectivity index (χ2v) is 5.66. The first-order valence-electron chi connectivity index (χ1n) is 6.39. The Morgan fingerprint density at radius 3 is 2.88 bits per heavy atom.